The summed E-state index contributed by atoms with van der Waals surface area (Å²) in [6, 6.07) is 9.57. The van der Waals surface area contributed by atoms with Gasteiger partial charge in [0.2, 0.25) is 0 Å². The first-order valence-corrected chi connectivity index (χ1v) is 7.00. The van der Waals surface area contributed by atoms with Crippen LogP contribution in [0.3, 0.4) is 0 Å². The second kappa shape index (κ2) is 6.91. The van der Waals surface area contributed by atoms with Crippen molar-refractivity contribution in [3.8, 4) is 11.8 Å². The topological polar surface area (TPSA) is 76.9 Å². The van der Waals surface area contributed by atoms with Crippen molar-refractivity contribution >= 4 is 0 Å². The Labute approximate surface area is 124 Å². The summed E-state index contributed by atoms with van der Waals surface area (Å²) < 4.78 is 7.78. The molecule has 1 heterocycles. The highest BCUT2D eigenvalue weighted by Crippen LogP contribution is 2.25. The molecule has 1 aromatic heterocycles. The molecule has 0 aliphatic carbocycles. The van der Waals surface area contributed by atoms with E-state index in [1.807, 2.05) is 44.4 Å². The Morgan fingerprint density at radius 3 is 2.62 bits per heavy atom. The number of aryl methyl sites for hydroxylation is 1. The van der Waals surface area contributed by atoms with Gasteiger partial charge >= 0.3 is 0 Å². The van der Waals surface area contributed by atoms with Crippen LogP contribution in [0.15, 0.2) is 36.7 Å². The van der Waals surface area contributed by atoms with Crippen LogP contribution in [0.2, 0.25) is 0 Å². The largest absolute Gasteiger partial charge is 0.484 e. The van der Waals surface area contributed by atoms with E-state index in [4.69, 9.17) is 15.7 Å². The van der Waals surface area contributed by atoms with Crippen LogP contribution in [0.5, 0.6) is 5.75 Å². The number of hydrogen-bond acceptors (Lipinski definition) is 4. The van der Waals surface area contributed by atoms with E-state index in [1.54, 1.807) is 10.9 Å². The zero-order valence-corrected chi connectivity index (χ0v) is 12.4. The van der Waals surface area contributed by atoms with Crippen molar-refractivity contribution in [2.75, 3.05) is 0 Å². The van der Waals surface area contributed by atoms with E-state index in [0.717, 1.165) is 23.3 Å². The highest BCUT2D eigenvalue weighted by molar-refractivity contribution is 5.29. The van der Waals surface area contributed by atoms with Gasteiger partial charge < -0.3 is 10.5 Å². The fraction of sp³-hybridized carbons (Fsp3) is 0.375. The molecule has 2 rings (SSSR count). The second-order valence-corrected chi connectivity index (χ2v) is 5.04. The molecule has 0 radical (unpaired) electrons. The molecule has 0 spiro atoms. The Kier molecular flexibility index (Phi) is 4.96. The van der Waals surface area contributed by atoms with Gasteiger partial charge in [-0.15, -0.1) is 0 Å². The molecule has 0 bridgehead atoms. The lowest BCUT2D eigenvalue weighted by atomic mass is 10.0. The lowest BCUT2D eigenvalue weighted by Crippen LogP contribution is -2.31. The molecular formula is C16H20N4O. The summed E-state index contributed by atoms with van der Waals surface area (Å²) in [5.41, 5.74) is 8.12. The summed E-state index contributed by atoms with van der Waals surface area (Å²) in [4.78, 5) is 0. The molecule has 2 unspecified atom stereocenters. The van der Waals surface area contributed by atoms with Gasteiger partial charge in [-0.3, -0.25) is 4.68 Å². The fourth-order valence-electron chi connectivity index (χ4n) is 2.13. The summed E-state index contributed by atoms with van der Waals surface area (Å²) in [5, 5.41) is 12.9. The van der Waals surface area contributed by atoms with E-state index in [0.29, 0.717) is 6.42 Å². The third-order valence-corrected chi connectivity index (χ3v) is 3.38. The molecule has 0 aliphatic rings. The smallest absolute Gasteiger partial charge is 0.142 e. The van der Waals surface area contributed by atoms with E-state index < -0.39 is 0 Å². The SMILES string of the molecule is CCC(N)C(Oc1ccc(CC#N)cc1)c1cnn(C)c1. The quantitative estimate of drug-likeness (QED) is 0.883. The van der Waals surface area contributed by atoms with Crippen LogP contribution in [-0.4, -0.2) is 15.8 Å². The zero-order valence-electron chi connectivity index (χ0n) is 12.4. The van der Waals surface area contributed by atoms with Crippen molar-refractivity contribution in [3.63, 3.8) is 0 Å². The van der Waals surface area contributed by atoms with Crippen LogP contribution < -0.4 is 10.5 Å². The predicted molar refractivity (Wildman–Crippen MR) is 80.6 cm³/mol. The number of rotatable bonds is 6. The summed E-state index contributed by atoms with van der Waals surface area (Å²) in [6.07, 6.45) is 4.69. The van der Waals surface area contributed by atoms with Crippen molar-refractivity contribution < 1.29 is 4.74 Å². The normalized spacial score (nSPS) is 13.4. The molecule has 0 fully saturated rings. The number of nitriles is 1. The first kappa shape index (κ1) is 15.1. The van der Waals surface area contributed by atoms with Crippen molar-refractivity contribution in [3.05, 3.63) is 47.8 Å². The van der Waals surface area contributed by atoms with Gasteiger partial charge in [-0.1, -0.05) is 19.1 Å². The molecule has 0 saturated carbocycles. The molecule has 0 amide bonds. The van der Waals surface area contributed by atoms with Gasteiger partial charge in [0, 0.05) is 24.8 Å². The fourth-order valence-corrected chi connectivity index (χ4v) is 2.13. The minimum Gasteiger partial charge on any atom is -0.484 e. The Bertz CT molecular complexity index is 612. The van der Waals surface area contributed by atoms with E-state index in [9.17, 15) is 0 Å². The number of nitrogens with two attached hydrogens (primary N) is 1. The minimum atomic E-state index is -0.231. The standard InChI is InChI=1S/C16H20N4O/c1-3-15(18)16(13-10-19-20(2)11-13)21-14-6-4-12(5-7-14)8-9-17/h4-7,10-11,15-16H,3,8,18H2,1-2H3. The average molecular weight is 284 g/mol. The lowest BCUT2D eigenvalue weighted by Gasteiger charge is -2.23. The van der Waals surface area contributed by atoms with Crippen LogP contribution in [-0.2, 0) is 13.5 Å². The number of ether oxygens (including phenoxy) is 1. The maximum Gasteiger partial charge on any atom is 0.142 e. The van der Waals surface area contributed by atoms with Crippen molar-refractivity contribution in [2.45, 2.75) is 31.9 Å². The van der Waals surface area contributed by atoms with Gasteiger partial charge in [0.15, 0.2) is 0 Å². The minimum absolute atomic E-state index is 0.104. The average Bonchev–Trinajstić information content (AvgIpc) is 2.92. The molecule has 2 N–H and O–H groups in total. The molecule has 1 aromatic carbocycles. The molecule has 5 heteroatoms. The summed E-state index contributed by atoms with van der Waals surface area (Å²) >= 11 is 0. The highest BCUT2D eigenvalue weighted by atomic mass is 16.5. The van der Waals surface area contributed by atoms with Gasteiger partial charge in [-0.25, -0.2) is 0 Å². The van der Waals surface area contributed by atoms with Crippen LogP contribution in [0.4, 0.5) is 0 Å². The number of nitrogens with zero attached hydrogens (tertiary/aromatic N) is 3. The zero-order chi connectivity index (χ0) is 15.2. The monoisotopic (exact) mass is 284 g/mol. The van der Waals surface area contributed by atoms with Crippen molar-refractivity contribution in [1.82, 2.24) is 9.78 Å². The molecular weight excluding hydrogens is 264 g/mol. The first-order valence-electron chi connectivity index (χ1n) is 7.00. The van der Waals surface area contributed by atoms with Gasteiger partial charge in [0.1, 0.15) is 11.9 Å². The third kappa shape index (κ3) is 3.83. The van der Waals surface area contributed by atoms with Crippen LogP contribution in [0.1, 0.15) is 30.6 Å². The van der Waals surface area contributed by atoms with Gasteiger partial charge in [-0.05, 0) is 24.1 Å². The summed E-state index contributed by atoms with van der Waals surface area (Å²) in [5.74, 6) is 0.745. The molecule has 0 aliphatic heterocycles. The Morgan fingerprint density at radius 1 is 1.38 bits per heavy atom. The van der Waals surface area contributed by atoms with E-state index >= 15 is 0 Å². The molecule has 0 saturated heterocycles. The molecule has 2 atom stereocenters. The number of aromatic nitrogens is 2. The number of hydrogen-bond donors (Lipinski definition) is 1. The highest BCUT2D eigenvalue weighted by Gasteiger charge is 2.22. The van der Waals surface area contributed by atoms with E-state index in [2.05, 4.69) is 11.2 Å². The molecule has 2 aromatic rings. The van der Waals surface area contributed by atoms with Crippen molar-refractivity contribution in [2.24, 2.45) is 12.8 Å². The third-order valence-electron chi connectivity index (χ3n) is 3.38. The van der Waals surface area contributed by atoms with Gasteiger partial charge in [-0.2, -0.15) is 10.4 Å². The summed E-state index contributed by atoms with van der Waals surface area (Å²) in [7, 11) is 1.87. The Hall–Kier alpha value is -2.32. The number of benzene rings is 1. The van der Waals surface area contributed by atoms with E-state index in [-0.39, 0.29) is 12.1 Å². The van der Waals surface area contributed by atoms with Crippen LogP contribution in [0, 0.1) is 11.3 Å². The maximum atomic E-state index is 8.68. The first-order chi connectivity index (χ1) is 10.1. The molecule has 110 valence electrons. The predicted octanol–water partition coefficient (Wildman–Crippen LogP) is 2.34. The molecule has 5 nitrogen and oxygen atoms in total. The maximum absolute atomic E-state index is 8.68. The van der Waals surface area contributed by atoms with Crippen LogP contribution >= 0.6 is 0 Å². The Morgan fingerprint density at radius 2 is 2.10 bits per heavy atom. The summed E-state index contributed by atoms with van der Waals surface area (Å²) in [6.45, 7) is 2.04. The second-order valence-electron chi connectivity index (χ2n) is 5.04. The van der Waals surface area contributed by atoms with Crippen molar-refractivity contribution in [1.29, 1.82) is 5.26 Å². The van der Waals surface area contributed by atoms with Gasteiger partial charge in [0.05, 0.1) is 18.7 Å². The lowest BCUT2D eigenvalue weighted by molar-refractivity contribution is 0.171. The molecule has 21 heavy (non-hydrogen) atoms. The van der Waals surface area contributed by atoms with Gasteiger partial charge in [0.25, 0.3) is 0 Å². The Balaban J connectivity index is 2.17. The van der Waals surface area contributed by atoms with E-state index in [1.165, 1.54) is 0 Å². The van der Waals surface area contributed by atoms with Crippen LogP contribution in [0.25, 0.3) is 0 Å².